The maximum Gasteiger partial charge on any atom is 0.153 e. The van der Waals surface area contributed by atoms with Gasteiger partial charge in [0.05, 0.1) is 18.2 Å². The predicted molar refractivity (Wildman–Crippen MR) is 51.2 cm³/mol. The van der Waals surface area contributed by atoms with Crippen LogP contribution in [0.4, 0.5) is 0 Å². The lowest BCUT2D eigenvalue weighted by atomic mass is 9.88. The smallest absolute Gasteiger partial charge is 0.153 e. The minimum atomic E-state index is -1.07. The molecule has 1 unspecified atom stereocenters. The summed E-state index contributed by atoms with van der Waals surface area (Å²) in [5.74, 6) is -2.05. The normalized spacial score (nSPS) is 11.1. The molecule has 1 aromatic rings. The molecule has 1 N–H and O–H groups in total. The zero-order valence-corrected chi connectivity index (χ0v) is 7.75. The van der Waals surface area contributed by atoms with Gasteiger partial charge in [0, 0.05) is 5.56 Å². The van der Waals surface area contributed by atoms with Gasteiger partial charge in [-0.2, -0.15) is 15.8 Å². The summed E-state index contributed by atoms with van der Waals surface area (Å²) >= 11 is 0. The quantitative estimate of drug-likeness (QED) is 0.780. The van der Waals surface area contributed by atoms with Crippen LogP contribution in [0.15, 0.2) is 24.3 Å². The third-order valence-electron chi connectivity index (χ3n) is 2.02. The molecule has 0 bridgehead atoms. The fourth-order valence-electron chi connectivity index (χ4n) is 1.25. The van der Waals surface area contributed by atoms with Crippen LogP contribution in [-0.4, -0.2) is 5.11 Å². The van der Waals surface area contributed by atoms with E-state index >= 15 is 0 Å². The van der Waals surface area contributed by atoms with Gasteiger partial charge in [-0.1, -0.05) is 18.2 Å². The van der Waals surface area contributed by atoms with Gasteiger partial charge in [0.2, 0.25) is 0 Å². The molecule has 1 atom stereocenters. The first kappa shape index (κ1) is 10.6. The zero-order chi connectivity index (χ0) is 11.3. The highest BCUT2D eigenvalue weighted by molar-refractivity contribution is 5.40. The van der Waals surface area contributed by atoms with Gasteiger partial charge >= 0.3 is 0 Å². The van der Waals surface area contributed by atoms with E-state index in [0.29, 0.717) is 5.56 Å². The van der Waals surface area contributed by atoms with Crippen molar-refractivity contribution in [3.05, 3.63) is 29.8 Å². The second-order valence-electron chi connectivity index (χ2n) is 2.90. The summed E-state index contributed by atoms with van der Waals surface area (Å²) in [4.78, 5) is 0. The summed E-state index contributed by atoms with van der Waals surface area (Å²) < 4.78 is 0. The summed E-state index contributed by atoms with van der Waals surface area (Å²) in [6, 6.07) is 11.5. The third-order valence-corrected chi connectivity index (χ3v) is 2.02. The van der Waals surface area contributed by atoms with E-state index in [0.717, 1.165) is 0 Å². The first-order valence-corrected chi connectivity index (χ1v) is 4.21. The van der Waals surface area contributed by atoms with Crippen molar-refractivity contribution in [1.82, 2.24) is 0 Å². The van der Waals surface area contributed by atoms with Crippen LogP contribution in [0.5, 0.6) is 5.75 Å². The minimum absolute atomic E-state index is 0.0699. The van der Waals surface area contributed by atoms with Crippen LogP contribution < -0.4 is 0 Å². The van der Waals surface area contributed by atoms with Gasteiger partial charge in [0.15, 0.2) is 5.92 Å². The van der Waals surface area contributed by atoms with Crippen molar-refractivity contribution >= 4 is 0 Å². The number of nitrogens with zero attached hydrogens (tertiary/aromatic N) is 3. The van der Waals surface area contributed by atoms with E-state index in [9.17, 15) is 5.11 Å². The highest BCUT2D eigenvalue weighted by atomic mass is 16.3. The van der Waals surface area contributed by atoms with E-state index < -0.39 is 11.8 Å². The van der Waals surface area contributed by atoms with Gasteiger partial charge in [-0.25, -0.2) is 0 Å². The average Bonchev–Trinajstić information content (AvgIpc) is 2.27. The van der Waals surface area contributed by atoms with Crippen molar-refractivity contribution in [2.45, 2.75) is 5.92 Å². The maximum atomic E-state index is 9.48. The molecule has 0 aliphatic rings. The number of aromatic hydroxyl groups is 1. The molecule has 0 saturated carbocycles. The van der Waals surface area contributed by atoms with Crippen molar-refractivity contribution in [2.75, 3.05) is 0 Å². The molecule has 0 radical (unpaired) electrons. The third kappa shape index (κ3) is 2.05. The molecule has 4 heteroatoms. The number of benzene rings is 1. The van der Waals surface area contributed by atoms with E-state index in [1.807, 2.05) is 6.07 Å². The Hall–Kier alpha value is -2.51. The highest BCUT2D eigenvalue weighted by Crippen LogP contribution is 2.30. The molecule has 0 saturated heterocycles. The molecule has 72 valence electrons. The fraction of sp³-hybridized carbons (Fsp3) is 0.182. The molecule has 1 rings (SSSR count). The Morgan fingerprint density at radius 1 is 1.00 bits per heavy atom. The Kier molecular flexibility index (Phi) is 3.28. The van der Waals surface area contributed by atoms with E-state index in [-0.39, 0.29) is 5.75 Å². The first-order chi connectivity index (χ1) is 7.24. The summed E-state index contributed by atoms with van der Waals surface area (Å²) in [5, 5.41) is 35.7. The van der Waals surface area contributed by atoms with Gasteiger partial charge in [-0.15, -0.1) is 0 Å². The van der Waals surface area contributed by atoms with Crippen LogP contribution in [-0.2, 0) is 0 Å². The van der Waals surface area contributed by atoms with Crippen LogP contribution in [0.3, 0.4) is 0 Å². The Morgan fingerprint density at radius 3 is 2.07 bits per heavy atom. The molecule has 0 spiro atoms. The summed E-state index contributed by atoms with van der Waals surface area (Å²) in [5.41, 5.74) is 0.313. The summed E-state index contributed by atoms with van der Waals surface area (Å²) in [6.45, 7) is 0. The standard InChI is InChI=1S/C11H7N3O/c12-5-8(6-13)10(7-14)9-3-1-2-4-11(9)15/h1-4,8,10,15H. The molecule has 0 aliphatic heterocycles. The molecular formula is C11H7N3O. The van der Waals surface area contributed by atoms with Gasteiger partial charge in [-0.3, -0.25) is 0 Å². The SMILES string of the molecule is N#CC(C#N)C(C#N)c1ccccc1O. The minimum Gasteiger partial charge on any atom is -0.508 e. The van der Waals surface area contributed by atoms with Crippen molar-refractivity contribution < 1.29 is 5.11 Å². The first-order valence-electron chi connectivity index (χ1n) is 4.21. The molecule has 0 aliphatic carbocycles. The number of hydrogen-bond donors (Lipinski definition) is 1. The molecule has 1 aromatic carbocycles. The number of rotatable bonds is 2. The van der Waals surface area contributed by atoms with Gasteiger partial charge in [-0.05, 0) is 6.07 Å². The zero-order valence-electron chi connectivity index (χ0n) is 7.75. The predicted octanol–water partition coefficient (Wildman–Crippen LogP) is 1.66. The Bertz CT molecular complexity index is 462. The van der Waals surface area contributed by atoms with E-state index in [1.54, 1.807) is 24.3 Å². The monoisotopic (exact) mass is 197 g/mol. The van der Waals surface area contributed by atoms with Crippen molar-refractivity contribution in [2.24, 2.45) is 5.92 Å². The Morgan fingerprint density at radius 2 is 1.60 bits per heavy atom. The molecule has 0 fully saturated rings. The van der Waals surface area contributed by atoms with E-state index in [1.165, 1.54) is 12.1 Å². The maximum absolute atomic E-state index is 9.48. The number of phenols is 1. The largest absolute Gasteiger partial charge is 0.508 e. The average molecular weight is 197 g/mol. The van der Waals surface area contributed by atoms with Crippen molar-refractivity contribution in [3.63, 3.8) is 0 Å². The Balaban J connectivity index is 3.17. The molecule has 0 heterocycles. The molecular weight excluding hydrogens is 190 g/mol. The number of phenolic OH excluding ortho intramolecular Hbond substituents is 1. The second-order valence-corrected chi connectivity index (χ2v) is 2.90. The number of para-hydroxylation sites is 1. The van der Waals surface area contributed by atoms with Gasteiger partial charge in [0.25, 0.3) is 0 Å². The van der Waals surface area contributed by atoms with Crippen molar-refractivity contribution in [1.29, 1.82) is 15.8 Å². The van der Waals surface area contributed by atoms with Crippen LogP contribution >= 0.6 is 0 Å². The van der Waals surface area contributed by atoms with Crippen LogP contribution in [0.25, 0.3) is 0 Å². The molecule has 4 nitrogen and oxygen atoms in total. The summed E-state index contributed by atoms with van der Waals surface area (Å²) in [6.07, 6.45) is 0. The van der Waals surface area contributed by atoms with Crippen LogP contribution in [0, 0.1) is 39.9 Å². The van der Waals surface area contributed by atoms with Crippen molar-refractivity contribution in [3.8, 4) is 24.0 Å². The lowest BCUT2D eigenvalue weighted by Crippen LogP contribution is -2.07. The number of hydrogen-bond acceptors (Lipinski definition) is 4. The highest BCUT2D eigenvalue weighted by Gasteiger charge is 2.24. The van der Waals surface area contributed by atoms with E-state index in [2.05, 4.69) is 0 Å². The van der Waals surface area contributed by atoms with Crippen LogP contribution in [0.1, 0.15) is 11.5 Å². The molecule has 15 heavy (non-hydrogen) atoms. The summed E-state index contributed by atoms with van der Waals surface area (Å²) in [7, 11) is 0. The lowest BCUT2D eigenvalue weighted by molar-refractivity contribution is 0.463. The second kappa shape index (κ2) is 4.65. The Labute approximate surface area is 87.2 Å². The topological polar surface area (TPSA) is 91.6 Å². The number of nitriles is 3. The molecule has 0 aromatic heterocycles. The van der Waals surface area contributed by atoms with Gasteiger partial charge in [0.1, 0.15) is 11.7 Å². The van der Waals surface area contributed by atoms with E-state index in [4.69, 9.17) is 15.8 Å². The molecule has 0 amide bonds. The van der Waals surface area contributed by atoms with Gasteiger partial charge < -0.3 is 5.11 Å². The van der Waals surface area contributed by atoms with Crippen LogP contribution in [0.2, 0.25) is 0 Å². The lowest BCUT2D eigenvalue weighted by Gasteiger charge is -2.10. The fourth-order valence-corrected chi connectivity index (χ4v) is 1.25.